The number of benzene rings is 5. The number of Topliss-reactive ketones (excluding diaryl/α,β-unsaturated/α-hetero) is 1. The molecule has 1 saturated carbocycles. The van der Waals surface area contributed by atoms with Gasteiger partial charge < -0.3 is 0 Å². The summed E-state index contributed by atoms with van der Waals surface area (Å²) in [7, 11) is 0. The zero-order valence-corrected chi connectivity index (χ0v) is 27.5. The largest absolute Gasteiger partial charge is 0.297 e. The number of ketones is 1. The second-order valence-corrected chi connectivity index (χ2v) is 13.5. The third-order valence-corrected chi connectivity index (χ3v) is 10.9. The molecule has 1 saturated heterocycles. The van der Waals surface area contributed by atoms with Crippen molar-refractivity contribution in [1.29, 1.82) is 0 Å². The highest BCUT2D eigenvalue weighted by Crippen LogP contribution is 2.74. The predicted molar refractivity (Wildman–Crippen MR) is 188 cm³/mol. The quantitative estimate of drug-likeness (QED) is 0.102. The summed E-state index contributed by atoms with van der Waals surface area (Å²) in [5, 5.41) is 12.8. The first-order valence-corrected chi connectivity index (χ1v) is 16.4. The molecule has 0 unspecified atom stereocenters. The van der Waals surface area contributed by atoms with Gasteiger partial charge in [0.15, 0.2) is 5.78 Å². The van der Waals surface area contributed by atoms with Gasteiger partial charge in [0.05, 0.1) is 33.3 Å². The monoisotopic (exact) mass is 684 g/mol. The van der Waals surface area contributed by atoms with Crippen LogP contribution in [0.2, 0.25) is 10.0 Å². The number of nitro benzene ring substituents is 1. The fourth-order valence-electron chi connectivity index (χ4n) is 8.55. The highest BCUT2D eigenvalue weighted by atomic mass is 35.5. The minimum absolute atomic E-state index is 0.116. The van der Waals surface area contributed by atoms with E-state index in [-0.39, 0.29) is 17.2 Å². The van der Waals surface area contributed by atoms with Crippen molar-refractivity contribution < 1.29 is 19.3 Å². The van der Waals surface area contributed by atoms with E-state index >= 15 is 14.4 Å². The van der Waals surface area contributed by atoms with E-state index in [2.05, 4.69) is 0 Å². The fraction of sp³-hybridized carbons (Fsp3) is 0.125. The number of imide groups is 1. The lowest BCUT2D eigenvalue weighted by molar-refractivity contribution is -0.384. The number of fused-ring (bicyclic) bond motifs is 5. The average Bonchev–Trinajstić information content (AvgIpc) is 3.61. The molecule has 5 aromatic carbocycles. The number of non-ortho nitro benzene ring substituents is 1. The smallest absolute Gasteiger partial charge is 0.271 e. The molecule has 8 rings (SSSR count). The van der Waals surface area contributed by atoms with Gasteiger partial charge in [-0.2, -0.15) is 0 Å². The maximum Gasteiger partial charge on any atom is 0.271 e. The molecule has 2 fully saturated rings. The standard InChI is InChI=1S/C40H26Cl2N2O5/c1-23-12-21-30(44(48)49)22-31(23)43-36(45)34-35(37(43)46)40(27-15-19-29(42)20-16-27)33(25-10-6-3-7-11-25)32(24-8-4-2-5-9-24)39(34,38(40)47)26-13-17-28(41)18-14-26/h2-22,34-35H,1H3/t34-,35-,39-,40-/m0/s1. The summed E-state index contributed by atoms with van der Waals surface area (Å²) >= 11 is 12.8. The molecular weight excluding hydrogens is 659 g/mol. The summed E-state index contributed by atoms with van der Waals surface area (Å²) in [6, 6.07) is 36.8. The molecule has 9 heteroatoms. The topological polar surface area (TPSA) is 97.6 Å². The van der Waals surface area contributed by atoms with Gasteiger partial charge in [0.2, 0.25) is 11.8 Å². The molecule has 3 aliphatic rings. The number of nitrogens with zero attached hydrogens (tertiary/aromatic N) is 2. The summed E-state index contributed by atoms with van der Waals surface area (Å²) < 4.78 is 0. The van der Waals surface area contributed by atoms with Crippen LogP contribution in [0.4, 0.5) is 11.4 Å². The summed E-state index contributed by atoms with van der Waals surface area (Å²) in [6.07, 6.45) is 0. The minimum atomic E-state index is -1.64. The van der Waals surface area contributed by atoms with Crippen LogP contribution >= 0.6 is 23.2 Å². The van der Waals surface area contributed by atoms with Crippen molar-refractivity contribution >= 4 is 63.3 Å². The summed E-state index contributed by atoms with van der Waals surface area (Å²) in [5.41, 5.74) is 0.834. The van der Waals surface area contributed by atoms with Gasteiger partial charge in [0.1, 0.15) is 0 Å². The second-order valence-electron chi connectivity index (χ2n) is 12.6. The molecule has 1 heterocycles. The third-order valence-electron chi connectivity index (χ3n) is 10.4. The van der Waals surface area contributed by atoms with E-state index in [0.717, 1.165) is 16.0 Å². The van der Waals surface area contributed by atoms with Gasteiger partial charge in [-0.05, 0) is 70.2 Å². The van der Waals surface area contributed by atoms with Crippen molar-refractivity contribution in [1.82, 2.24) is 0 Å². The molecule has 2 aliphatic carbocycles. The van der Waals surface area contributed by atoms with E-state index in [1.165, 1.54) is 18.2 Å². The number of carbonyl (C=O) groups is 3. The highest BCUT2D eigenvalue weighted by molar-refractivity contribution is 6.39. The second kappa shape index (κ2) is 11.1. The Morgan fingerprint density at radius 2 is 1.06 bits per heavy atom. The van der Waals surface area contributed by atoms with Crippen LogP contribution in [0.1, 0.15) is 27.8 Å². The molecule has 49 heavy (non-hydrogen) atoms. The SMILES string of the molecule is Cc1ccc([N+](=O)[O-])cc1N1C(=O)[C@@H]2[C@@H](C1=O)[C@@]1(c3ccc(Cl)cc3)C(=O)[C@@]2(c2ccc(Cl)cc2)C(c2ccccc2)=C1c1ccccc1. The van der Waals surface area contributed by atoms with Crippen molar-refractivity contribution in [2.75, 3.05) is 4.90 Å². The first kappa shape index (κ1) is 30.9. The summed E-state index contributed by atoms with van der Waals surface area (Å²) in [5.74, 6) is -3.87. The van der Waals surface area contributed by atoms with E-state index in [0.29, 0.717) is 37.9 Å². The van der Waals surface area contributed by atoms with Gasteiger partial charge in [0.25, 0.3) is 5.69 Å². The Hall–Kier alpha value is -5.37. The number of halogens is 2. The summed E-state index contributed by atoms with van der Waals surface area (Å²) in [6.45, 7) is 1.69. The zero-order valence-electron chi connectivity index (χ0n) is 26.0. The third kappa shape index (κ3) is 4.06. The zero-order chi connectivity index (χ0) is 34.2. The van der Waals surface area contributed by atoms with E-state index < -0.39 is 39.4 Å². The molecule has 7 nitrogen and oxygen atoms in total. The van der Waals surface area contributed by atoms with Crippen LogP contribution in [-0.4, -0.2) is 22.5 Å². The molecule has 1 aliphatic heterocycles. The Balaban J connectivity index is 1.55. The molecular formula is C40H26Cl2N2O5. The van der Waals surface area contributed by atoms with Crippen molar-refractivity contribution in [3.05, 3.63) is 175 Å². The molecule has 2 bridgehead atoms. The number of carbonyl (C=O) groups excluding carboxylic acids is 3. The maximum absolute atomic E-state index is 16.0. The molecule has 0 spiro atoms. The van der Waals surface area contributed by atoms with Crippen LogP contribution in [0, 0.1) is 28.9 Å². The lowest BCUT2D eigenvalue weighted by Crippen LogP contribution is -2.45. The number of rotatable bonds is 6. The van der Waals surface area contributed by atoms with Crippen LogP contribution in [0.15, 0.2) is 127 Å². The van der Waals surface area contributed by atoms with Gasteiger partial charge in [-0.25, -0.2) is 4.90 Å². The van der Waals surface area contributed by atoms with Gasteiger partial charge in [-0.1, -0.05) is 114 Å². The molecule has 2 amide bonds. The number of anilines is 1. The van der Waals surface area contributed by atoms with E-state index in [1.54, 1.807) is 55.5 Å². The Morgan fingerprint density at radius 3 is 1.47 bits per heavy atom. The number of hydrogen-bond acceptors (Lipinski definition) is 5. The molecule has 0 aromatic heterocycles. The number of allylic oxidation sites excluding steroid dienone is 2. The van der Waals surface area contributed by atoms with Crippen molar-refractivity contribution in [3.8, 4) is 0 Å². The molecule has 5 aromatic rings. The van der Waals surface area contributed by atoms with Crippen LogP contribution in [-0.2, 0) is 25.2 Å². The van der Waals surface area contributed by atoms with Crippen LogP contribution in [0.5, 0.6) is 0 Å². The lowest BCUT2D eigenvalue weighted by atomic mass is 9.59. The molecule has 0 radical (unpaired) electrons. The Labute approximate surface area is 291 Å². The average molecular weight is 686 g/mol. The Bertz CT molecular complexity index is 2130. The number of nitro groups is 1. The highest BCUT2D eigenvalue weighted by Gasteiger charge is 2.82. The first-order valence-electron chi connectivity index (χ1n) is 15.7. The van der Waals surface area contributed by atoms with Gasteiger partial charge in [0, 0.05) is 22.2 Å². The lowest BCUT2D eigenvalue weighted by Gasteiger charge is -2.39. The van der Waals surface area contributed by atoms with Crippen molar-refractivity contribution in [3.63, 3.8) is 0 Å². The molecule has 240 valence electrons. The normalized spacial score (nSPS) is 24.1. The molecule has 4 atom stereocenters. The van der Waals surface area contributed by atoms with E-state index in [1.807, 2.05) is 60.7 Å². The van der Waals surface area contributed by atoms with Gasteiger partial charge in [-0.15, -0.1) is 0 Å². The molecule has 0 N–H and O–H groups in total. The van der Waals surface area contributed by atoms with Crippen LogP contribution < -0.4 is 4.90 Å². The Kier molecular flexibility index (Phi) is 7.00. The first-order chi connectivity index (χ1) is 23.6. The van der Waals surface area contributed by atoms with E-state index in [9.17, 15) is 10.1 Å². The number of aryl methyl sites for hydroxylation is 1. The van der Waals surface area contributed by atoms with E-state index in [4.69, 9.17) is 23.2 Å². The fourth-order valence-corrected chi connectivity index (χ4v) is 8.80. The number of amides is 2. The van der Waals surface area contributed by atoms with Crippen LogP contribution in [0.25, 0.3) is 11.1 Å². The maximum atomic E-state index is 16.0. The van der Waals surface area contributed by atoms with Gasteiger partial charge in [-0.3, -0.25) is 24.5 Å². The predicted octanol–water partition coefficient (Wildman–Crippen LogP) is 8.40. The van der Waals surface area contributed by atoms with Gasteiger partial charge >= 0.3 is 0 Å². The van der Waals surface area contributed by atoms with Crippen molar-refractivity contribution in [2.24, 2.45) is 11.8 Å². The number of hydrogen-bond donors (Lipinski definition) is 0. The minimum Gasteiger partial charge on any atom is -0.297 e. The summed E-state index contributed by atoms with van der Waals surface area (Å²) in [4.78, 5) is 58.7. The van der Waals surface area contributed by atoms with Crippen LogP contribution in [0.3, 0.4) is 0 Å². The van der Waals surface area contributed by atoms with Crippen molar-refractivity contribution in [2.45, 2.75) is 17.8 Å². The Morgan fingerprint density at radius 1 is 0.633 bits per heavy atom.